The predicted octanol–water partition coefficient (Wildman–Crippen LogP) is 3.01. The lowest BCUT2D eigenvalue weighted by molar-refractivity contribution is 0.0449. The topological polar surface area (TPSA) is 32.8 Å². The van der Waals surface area contributed by atoms with Crippen LogP contribution in [-0.4, -0.2) is 54.5 Å². The molecule has 4 nitrogen and oxygen atoms in total. The number of piperazine rings is 1. The highest BCUT2D eigenvalue weighted by atomic mass is 79.9. The molecule has 0 atom stereocenters. The minimum Gasteiger partial charge on any atom is -0.496 e. The van der Waals surface area contributed by atoms with Crippen LogP contribution in [0.5, 0.6) is 5.75 Å². The second-order valence-electron chi connectivity index (χ2n) is 6.29. The van der Waals surface area contributed by atoms with Crippen LogP contribution < -0.4 is 4.74 Å². The van der Waals surface area contributed by atoms with Crippen LogP contribution in [-0.2, 0) is 0 Å². The summed E-state index contributed by atoms with van der Waals surface area (Å²) in [5, 5.41) is 0. The fourth-order valence-corrected chi connectivity index (χ4v) is 2.93. The summed E-state index contributed by atoms with van der Waals surface area (Å²) in [4.78, 5) is 17.0. The number of amides is 1. The van der Waals surface area contributed by atoms with Crippen LogP contribution in [0.4, 0.5) is 0 Å². The quantitative estimate of drug-likeness (QED) is 0.818. The van der Waals surface area contributed by atoms with Crippen molar-refractivity contribution in [2.75, 3.05) is 33.3 Å². The molecule has 0 unspecified atom stereocenters. The zero-order valence-corrected chi connectivity index (χ0v) is 14.7. The highest BCUT2D eigenvalue weighted by Gasteiger charge is 2.29. The predicted molar refractivity (Wildman–Crippen MR) is 87.9 cm³/mol. The van der Waals surface area contributed by atoms with Crippen LogP contribution >= 0.6 is 15.9 Å². The molecule has 21 heavy (non-hydrogen) atoms. The van der Waals surface area contributed by atoms with Crippen molar-refractivity contribution in [3.8, 4) is 5.75 Å². The van der Waals surface area contributed by atoms with Crippen LogP contribution in [0.1, 0.15) is 31.1 Å². The fourth-order valence-electron chi connectivity index (χ4n) is 2.59. The number of carbonyl (C=O) groups excluding carboxylic acids is 1. The molecule has 1 saturated heterocycles. The largest absolute Gasteiger partial charge is 0.496 e. The molecule has 0 bridgehead atoms. The molecule has 1 heterocycles. The number of benzene rings is 1. The summed E-state index contributed by atoms with van der Waals surface area (Å²) in [5.41, 5.74) is 0.787. The summed E-state index contributed by atoms with van der Waals surface area (Å²) < 4.78 is 6.24. The van der Waals surface area contributed by atoms with Gasteiger partial charge in [-0.15, -0.1) is 0 Å². The molecule has 0 aliphatic carbocycles. The molecule has 0 aromatic heterocycles. The highest BCUT2D eigenvalue weighted by Crippen LogP contribution is 2.25. The van der Waals surface area contributed by atoms with Crippen LogP contribution in [0.2, 0.25) is 0 Å². The second-order valence-corrected chi connectivity index (χ2v) is 7.21. The van der Waals surface area contributed by atoms with E-state index in [0.717, 1.165) is 30.7 Å². The zero-order chi connectivity index (χ0) is 15.6. The number of carbonyl (C=O) groups is 1. The minimum absolute atomic E-state index is 0.0490. The molecule has 0 radical (unpaired) electrons. The average Bonchev–Trinajstić information content (AvgIpc) is 2.45. The maximum absolute atomic E-state index is 12.7. The minimum atomic E-state index is 0.0490. The first kappa shape index (κ1) is 16.3. The molecule has 116 valence electrons. The maximum atomic E-state index is 12.7. The summed E-state index contributed by atoms with van der Waals surface area (Å²) in [6.45, 7) is 9.97. The van der Waals surface area contributed by atoms with Gasteiger partial charge in [-0.2, -0.15) is 0 Å². The standard InChI is InChI=1S/C16H23BrN2O2/c1-16(2,3)19-9-7-18(8-10-19)15(20)13-6-5-12(17)11-14(13)21-4/h5-6,11H,7-10H2,1-4H3. The lowest BCUT2D eigenvalue weighted by Crippen LogP contribution is -2.54. The highest BCUT2D eigenvalue weighted by molar-refractivity contribution is 9.10. The van der Waals surface area contributed by atoms with E-state index in [1.54, 1.807) is 7.11 Å². The van der Waals surface area contributed by atoms with E-state index < -0.39 is 0 Å². The Bertz CT molecular complexity index is 517. The van der Waals surface area contributed by atoms with Gasteiger partial charge in [0.25, 0.3) is 5.91 Å². The molecular formula is C16H23BrN2O2. The molecule has 5 heteroatoms. The summed E-state index contributed by atoms with van der Waals surface area (Å²) in [5.74, 6) is 0.667. The van der Waals surface area contributed by atoms with Crippen molar-refractivity contribution in [2.24, 2.45) is 0 Å². The van der Waals surface area contributed by atoms with E-state index in [9.17, 15) is 4.79 Å². The summed E-state index contributed by atoms with van der Waals surface area (Å²) in [6.07, 6.45) is 0. The van der Waals surface area contributed by atoms with E-state index in [1.165, 1.54) is 0 Å². The van der Waals surface area contributed by atoms with Gasteiger partial charge in [-0.05, 0) is 39.0 Å². The summed E-state index contributed by atoms with van der Waals surface area (Å²) in [6, 6.07) is 5.53. The van der Waals surface area contributed by atoms with Crippen LogP contribution in [0.25, 0.3) is 0 Å². The van der Waals surface area contributed by atoms with E-state index >= 15 is 0 Å². The smallest absolute Gasteiger partial charge is 0.257 e. The van der Waals surface area contributed by atoms with Gasteiger partial charge >= 0.3 is 0 Å². The van der Waals surface area contributed by atoms with Gasteiger partial charge in [-0.3, -0.25) is 9.69 Å². The van der Waals surface area contributed by atoms with Crippen molar-refractivity contribution in [3.05, 3.63) is 28.2 Å². The van der Waals surface area contributed by atoms with Gasteiger partial charge in [0.1, 0.15) is 5.75 Å². The van der Waals surface area contributed by atoms with Gasteiger partial charge in [0.2, 0.25) is 0 Å². The molecule has 0 saturated carbocycles. The van der Waals surface area contributed by atoms with Crippen LogP contribution in [0, 0.1) is 0 Å². The van der Waals surface area contributed by atoms with Gasteiger partial charge in [0.15, 0.2) is 0 Å². The molecule has 1 fully saturated rings. The number of halogens is 1. The van der Waals surface area contributed by atoms with Gasteiger partial charge in [0.05, 0.1) is 12.7 Å². The molecule has 1 aliphatic heterocycles. The maximum Gasteiger partial charge on any atom is 0.257 e. The van der Waals surface area contributed by atoms with Crippen molar-refractivity contribution < 1.29 is 9.53 Å². The number of ether oxygens (including phenoxy) is 1. The van der Waals surface area contributed by atoms with Crippen molar-refractivity contribution in [1.82, 2.24) is 9.80 Å². The lowest BCUT2D eigenvalue weighted by atomic mass is 10.0. The fraction of sp³-hybridized carbons (Fsp3) is 0.562. The Balaban J connectivity index is 2.09. The molecule has 1 aliphatic rings. The second kappa shape index (κ2) is 6.36. The first-order valence-corrected chi connectivity index (χ1v) is 8.00. The third kappa shape index (κ3) is 3.77. The Morgan fingerprint density at radius 3 is 2.33 bits per heavy atom. The number of hydrogen-bond acceptors (Lipinski definition) is 3. The Labute approximate surface area is 135 Å². The van der Waals surface area contributed by atoms with E-state index in [2.05, 4.69) is 41.6 Å². The Hall–Kier alpha value is -1.07. The molecular weight excluding hydrogens is 332 g/mol. The van der Waals surface area contributed by atoms with Gasteiger partial charge < -0.3 is 9.64 Å². The number of methoxy groups -OCH3 is 1. The first-order chi connectivity index (χ1) is 9.82. The van der Waals surface area contributed by atoms with Crippen molar-refractivity contribution in [1.29, 1.82) is 0 Å². The van der Waals surface area contributed by atoms with Crippen LogP contribution in [0.3, 0.4) is 0 Å². The van der Waals surface area contributed by atoms with E-state index in [-0.39, 0.29) is 11.4 Å². The van der Waals surface area contributed by atoms with Gasteiger partial charge in [-0.25, -0.2) is 0 Å². The lowest BCUT2D eigenvalue weighted by Gasteiger charge is -2.42. The molecule has 0 N–H and O–H groups in total. The summed E-state index contributed by atoms with van der Waals surface area (Å²) >= 11 is 3.40. The van der Waals surface area contributed by atoms with Gasteiger partial charge in [0, 0.05) is 36.2 Å². The van der Waals surface area contributed by atoms with Gasteiger partial charge in [-0.1, -0.05) is 15.9 Å². The number of hydrogen-bond donors (Lipinski definition) is 0. The Morgan fingerprint density at radius 1 is 1.19 bits per heavy atom. The number of nitrogens with zero attached hydrogens (tertiary/aromatic N) is 2. The Kier molecular flexibility index (Phi) is 4.94. The molecule has 2 rings (SSSR count). The zero-order valence-electron chi connectivity index (χ0n) is 13.1. The van der Waals surface area contributed by atoms with E-state index in [1.807, 2.05) is 23.1 Å². The molecule has 1 aromatic rings. The number of rotatable bonds is 2. The molecule has 0 spiro atoms. The molecule has 1 amide bonds. The molecule has 1 aromatic carbocycles. The third-order valence-electron chi connectivity index (χ3n) is 3.91. The van der Waals surface area contributed by atoms with Crippen LogP contribution in [0.15, 0.2) is 22.7 Å². The van der Waals surface area contributed by atoms with Crippen molar-refractivity contribution >= 4 is 21.8 Å². The monoisotopic (exact) mass is 354 g/mol. The van der Waals surface area contributed by atoms with Crippen molar-refractivity contribution in [2.45, 2.75) is 26.3 Å². The van der Waals surface area contributed by atoms with E-state index in [4.69, 9.17) is 4.74 Å². The van der Waals surface area contributed by atoms with Crippen molar-refractivity contribution in [3.63, 3.8) is 0 Å². The normalized spacial score (nSPS) is 16.9. The SMILES string of the molecule is COc1cc(Br)ccc1C(=O)N1CCN(C(C)(C)C)CC1. The first-order valence-electron chi connectivity index (χ1n) is 7.21. The Morgan fingerprint density at radius 2 is 1.81 bits per heavy atom. The summed E-state index contributed by atoms with van der Waals surface area (Å²) in [7, 11) is 1.59. The average molecular weight is 355 g/mol. The third-order valence-corrected chi connectivity index (χ3v) is 4.40. The van der Waals surface area contributed by atoms with E-state index in [0.29, 0.717) is 11.3 Å².